The van der Waals surface area contributed by atoms with E-state index in [2.05, 4.69) is 15.2 Å². The number of benzene rings is 1. The van der Waals surface area contributed by atoms with Gasteiger partial charge in [0.15, 0.2) is 0 Å². The molecular weight excluding hydrogens is 385 g/mol. The third-order valence-corrected chi connectivity index (χ3v) is 4.52. The Morgan fingerprint density at radius 1 is 1.32 bits per heavy atom. The molecule has 0 aliphatic heterocycles. The van der Waals surface area contributed by atoms with Gasteiger partial charge in [-0.15, -0.1) is 5.10 Å². The zero-order valence-electron chi connectivity index (χ0n) is 12.8. The number of aromatic amines is 1. The van der Waals surface area contributed by atoms with Crippen molar-refractivity contribution < 1.29 is 14.3 Å². The average Bonchev–Trinajstić information content (AvgIpc) is 3.18. The Kier molecular flexibility index (Phi) is 5.17. The van der Waals surface area contributed by atoms with E-state index >= 15 is 0 Å². The minimum Gasteiger partial charge on any atom is -0.477 e. The first-order valence-corrected chi connectivity index (χ1v) is 8.57. The molecule has 3 rings (SSSR count). The third kappa shape index (κ3) is 4.25. The predicted molar refractivity (Wildman–Crippen MR) is 96.8 cm³/mol. The molecule has 0 radical (unpaired) electrons. The number of thioether (sulfide) groups is 1. The van der Waals surface area contributed by atoms with E-state index in [-0.39, 0.29) is 4.91 Å². The van der Waals surface area contributed by atoms with Crippen LogP contribution in [0.3, 0.4) is 0 Å². The number of halogens is 2. The van der Waals surface area contributed by atoms with Gasteiger partial charge in [-0.25, -0.2) is 9.78 Å². The van der Waals surface area contributed by atoms with Gasteiger partial charge in [0, 0.05) is 16.7 Å². The molecular formula is C16H11Cl2N3O3S. The Bertz CT molecular complexity index is 965. The fourth-order valence-corrected chi connectivity index (χ4v) is 3.11. The van der Waals surface area contributed by atoms with Crippen LogP contribution in [0.2, 0.25) is 10.0 Å². The van der Waals surface area contributed by atoms with Gasteiger partial charge in [-0.2, -0.15) is 0 Å². The number of hydrogen-bond donors (Lipinski definition) is 2. The second-order valence-corrected chi connectivity index (χ2v) is 6.80. The highest BCUT2D eigenvalue weighted by Crippen LogP contribution is 2.33. The Balaban J connectivity index is 1.90. The predicted octanol–water partition coefficient (Wildman–Crippen LogP) is 4.90. The van der Waals surface area contributed by atoms with Gasteiger partial charge in [0.25, 0.3) is 0 Å². The van der Waals surface area contributed by atoms with Crippen LogP contribution in [0.25, 0.3) is 17.4 Å². The first-order chi connectivity index (χ1) is 11.9. The molecule has 6 nitrogen and oxygen atoms in total. The number of carbonyl (C=O) groups is 1. The summed E-state index contributed by atoms with van der Waals surface area (Å²) in [4.78, 5) is 15.6. The van der Waals surface area contributed by atoms with Crippen LogP contribution in [0.5, 0.6) is 0 Å². The molecule has 0 atom stereocenters. The molecule has 0 unspecified atom stereocenters. The minimum absolute atomic E-state index is 0.0251. The van der Waals surface area contributed by atoms with Gasteiger partial charge in [0.2, 0.25) is 5.16 Å². The van der Waals surface area contributed by atoms with E-state index in [4.69, 9.17) is 27.6 Å². The number of aryl methyl sites for hydroxylation is 1. The third-order valence-electron chi connectivity index (χ3n) is 3.08. The molecule has 0 aliphatic carbocycles. The number of carboxylic acids is 1. The van der Waals surface area contributed by atoms with E-state index in [0.717, 1.165) is 11.8 Å². The van der Waals surface area contributed by atoms with Crippen molar-refractivity contribution in [2.75, 3.05) is 0 Å². The molecule has 0 saturated heterocycles. The number of nitrogens with zero attached hydrogens (tertiary/aromatic N) is 2. The molecule has 0 bridgehead atoms. The molecule has 128 valence electrons. The maximum atomic E-state index is 11.5. The molecule has 2 N–H and O–H groups in total. The molecule has 1 aromatic carbocycles. The zero-order valence-corrected chi connectivity index (χ0v) is 15.1. The van der Waals surface area contributed by atoms with E-state index in [0.29, 0.717) is 38.1 Å². The van der Waals surface area contributed by atoms with E-state index in [1.165, 1.54) is 6.08 Å². The molecule has 3 aromatic rings. The number of carboxylic acid groups (broad SMARTS) is 1. The maximum absolute atomic E-state index is 11.5. The molecule has 2 heterocycles. The lowest BCUT2D eigenvalue weighted by atomic mass is 10.2. The fourth-order valence-electron chi connectivity index (χ4n) is 1.99. The van der Waals surface area contributed by atoms with Crippen molar-refractivity contribution in [2.45, 2.75) is 12.1 Å². The van der Waals surface area contributed by atoms with Crippen molar-refractivity contribution >= 4 is 47.0 Å². The summed E-state index contributed by atoms with van der Waals surface area (Å²) in [5.41, 5.74) is 0.628. The highest BCUT2D eigenvalue weighted by Gasteiger charge is 2.15. The summed E-state index contributed by atoms with van der Waals surface area (Å²) in [6.45, 7) is 1.73. The lowest BCUT2D eigenvalue weighted by Crippen LogP contribution is -1.97. The highest BCUT2D eigenvalue weighted by molar-refractivity contribution is 8.04. The number of nitrogens with one attached hydrogen (secondary N) is 1. The van der Waals surface area contributed by atoms with Gasteiger partial charge in [-0.3, -0.25) is 5.10 Å². The fraction of sp³-hybridized carbons (Fsp3) is 0.0625. The Morgan fingerprint density at radius 3 is 2.80 bits per heavy atom. The second-order valence-electron chi connectivity index (χ2n) is 4.95. The van der Waals surface area contributed by atoms with Gasteiger partial charge < -0.3 is 9.52 Å². The van der Waals surface area contributed by atoms with Crippen LogP contribution in [-0.4, -0.2) is 26.3 Å². The number of aliphatic carboxylic acids is 1. The molecule has 0 aliphatic rings. The van der Waals surface area contributed by atoms with Crippen molar-refractivity contribution in [3.63, 3.8) is 0 Å². The van der Waals surface area contributed by atoms with Gasteiger partial charge in [-0.1, -0.05) is 23.2 Å². The summed E-state index contributed by atoms with van der Waals surface area (Å²) < 4.78 is 5.68. The molecule has 0 spiro atoms. The zero-order chi connectivity index (χ0) is 18.0. The molecule has 0 fully saturated rings. The van der Waals surface area contributed by atoms with E-state index in [1.807, 2.05) is 0 Å². The molecule has 0 amide bonds. The van der Waals surface area contributed by atoms with E-state index in [9.17, 15) is 9.90 Å². The van der Waals surface area contributed by atoms with Crippen LogP contribution in [0.1, 0.15) is 11.6 Å². The first-order valence-electron chi connectivity index (χ1n) is 6.99. The maximum Gasteiger partial charge on any atom is 0.342 e. The summed E-state index contributed by atoms with van der Waals surface area (Å²) in [5.74, 6) is 0.347. The second kappa shape index (κ2) is 7.35. The quantitative estimate of drug-likeness (QED) is 0.471. The smallest absolute Gasteiger partial charge is 0.342 e. The van der Waals surface area contributed by atoms with Crippen LogP contribution < -0.4 is 0 Å². The van der Waals surface area contributed by atoms with Crippen molar-refractivity contribution in [2.24, 2.45) is 0 Å². The van der Waals surface area contributed by atoms with Crippen molar-refractivity contribution in [3.05, 3.63) is 56.9 Å². The largest absolute Gasteiger partial charge is 0.477 e. The summed E-state index contributed by atoms with van der Waals surface area (Å²) in [7, 11) is 0. The summed E-state index contributed by atoms with van der Waals surface area (Å²) in [5, 5.41) is 17.3. The molecule has 25 heavy (non-hydrogen) atoms. The van der Waals surface area contributed by atoms with Gasteiger partial charge >= 0.3 is 5.97 Å². The van der Waals surface area contributed by atoms with Gasteiger partial charge in [0.1, 0.15) is 22.3 Å². The SMILES string of the molecule is Cc1nc(S/C(=C\c2ccc(-c3cc(Cl)ccc3Cl)o2)C(=O)O)n[nH]1. The molecule has 2 aromatic heterocycles. The van der Waals surface area contributed by atoms with E-state index < -0.39 is 5.97 Å². The van der Waals surface area contributed by atoms with E-state index in [1.54, 1.807) is 37.3 Å². The Labute approximate surface area is 156 Å². The summed E-state index contributed by atoms with van der Waals surface area (Å²) in [6.07, 6.45) is 1.40. The standard InChI is InChI=1S/C16H11Cl2N3O3S/c1-8-19-16(21-20-8)25-14(15(22)23)7-10-3-5-13(24-10)11-6-9(17)2-4-12(11)18/h2-7H,1H3,(H,22,23)(H,19,20,21)/b14-7-. The van der Waals surface area contributed by atoms with Crippen molar-refractivity contribution in [1.29, 1.82) is 0 Å². The number of rotatable bonds is 5. The van der Waals surface area contributed by atoms with Crippen LogP contribution in [0.15, 0.2) is 44.8 Å². The number of aromatic nitrogens is 3. The van der Waals surface area contributed by atoms with Crippen LogP contribution in [0.4, 0.5) is 0 Å². The number of H-pyrrole nitrogens is 1. The van der Waals surface area contributed by atoms with Crippen LogP contribution >= 0.6 is 35.0 Å². The van der Waals surface area contributed by atoms with Crippen molar-refractivity contribution in [1.82, 2.24) is 15.2 Å². The Morgan fingerprint density at radius 2 is 2.12 bits per heavy atom. The average molecular weight is 396 g/mol. The van der Waals surface area contributed by atoms with Crippen LogP contribution in [-0.2, 0) is 4.79 Å². The highest BCUT2D eigenvalue weighted by atomic mass is 35.5. The lowest BCUT2D eigenvalue weighted by molar-refractivity contribution is -0.131. The summed E-state index contributed by atoms with van der Waals surface area (Å²) >= 11 is 13.1. The Hall–Kier alpha value is -2.22. The van der Waals surface area contributed by atoms with Crippen molar-refractivity contribution in [3.8, 4) is 11.3 Å². The lowest BCUT2D eigenvalue weighted by Gasteiger charge is -2.01. The topological polar surface area (TPSA) is 92.0 Å². The minimum atomic E-state index is -1.11. The number of hydrogen-bond acceptors (Lipinski definition) is 5. The summed E-state index contributed by atoms with van der Waals surface area (Å²) in [6, 6.07) is 8.37. The first kappa shape index (κ1) is 17.6. The molecule has 0 saturated carbocycles. The normalized spacial score (nSPS) is 11.7. The van der Waals surface area contributed by atoms with Gasteiger partial charge in [0.05, 0.1) is 5.02 Å². The van der Waals surface area contributed by atoms with Crippen LogP contribution in [0, 0.1) is 6.92 Å². The molecule has 9 heteroatoms. The number of furan rings is 1. The van der Waals surface area contributed by atoms with Gasteiger partial charge in [-0.05, 0) is 49.0 Å². The monoisotopic (exact) mass is 395 g/mol.